The molecule has 6 heteroatoms. The Labute approximate surface area is 189 Å². The molecule has 1 N–H and O–H groups in total. The lowest BCUT2D eigenvalue weighted by Gasteiger charge is -2.03. The van der Waals surface area contributed by atoms with E-state index in [4.69, 9.17) is 11.6 Å². The summed E-state index contributed by atoms with van der Waals surface area (Å²) in [6, 6.07) is 23.9. The first-order valence-electron chi connectivity index (χ1n) is 9.51. The van der Waals surface area contributed by atoms with Gasteiger partial charge in [0, 0.05) is 14.8 Å². The van der Waals surface area contributed by atoms with Crippen LogP contribution in [0.4, 0.5) is 5.69 Å². The van der Waals surface area contributed by atoms with E-state index in [2.05, 4.69) is 29.4 Å². The Bertz CT molecular complexity index is 1110. The Morgan fingerprint density at radius 3 is 2.23 bits per heavy atom. The van der Waals surface area contributed by atoms with Gasteiger partial charge in [-0.15, -0.1) is 0 Å². The van der Waals surface area contributed by atoms with Crippen molar-refractivity contribution in [2.75, 3.05) is 0 Å². The summed E-state index contributed by atoms with van der Waals surface area (Å²) < 4.78 is 0. The van der Waals surface area contributed by atoms with Crippen molar-refractivity contribution < 1.29 is 4.79 Å². The second kappa shape index (κ2) is 9.56. The maximum atomic E-state index is 12.3. The molecule has 0 spiro atoms. The lowest BCUT2D eigenvalue weighted by molar-refractivity contribution is -0.115. The molecule has 0 aromatic heterocycles. The van der Waals surface area contributed by atoms with Crippen LogP contribution in [0.25, 0.3) is 6.08 Å². The zero-order valence-electron chi connectivity index (χ0n) is 16.3. The summed E-state index contributed by atoms with van der Waals surface area (Å²) in [4.78, 5) is 19.7. The number of amidine groups is 1. The summed E-state index contributed by atoms with van der Waals surface area (Å²) >= 11 is 8.97. The quantitative estimate of drug-likeness (QED) is 0.428. The van der Waals surface area contributed by atoms with Crippen molar-refractivity contribution in [3.8, 4) is 0 Å². The molecule has 30 heavy (non-hydrogen) atoms. The average molecular weight is 451 g/mol. The highest BCUT2D eigenvalue weighted by Gasteiger charge is 2.23. The Morgan fingerprint density at radius 1 is 0.967 bits per heavy atom. The fraction of sp³-hybridized carbons (Fsp3) is 0.0833. The predicted octanol–water partition coefficient (Wildman–Crippen LogP) is 6.95. The highest BCUT2D eigenvalue weighted by atomic mass is 35.5. The van der Waals surface area contributed by atoms with E-state index >= 15 is 0 Å². The number of aliphatic imine (C=N–C) groups is 1. The number of carbonyl (C=O) groups excluding carboxylic acids is 1. The Hall–Kier alpha value is -2.47. The van der Waals surface area contributed by atoms with Crippen LogP contribution in [0.5, 0.6) is 0 Å². The van der Waals surface area contributed by atoms with Gasteiger partial charge in [-0.2, -0.15) is 0 Å². The maximum absolute atomic E-state index is 12.3. The van der Waals surface area contributed by atoms with Gasteiger partial charge in [0.2, 0.25) is 0 Å². The smallest absolute Gasteiger partial charge is 0.264 e. The van der Waals surface area contributed by atoms with Crippen molar-refractivity contribution >= 4 is 58.0 Å². The molecule has 0 saturated carbocycles. The number of hydrogen-bond donors (Lipinski definition) is 1. The fourth-order valence-corrected chi connectivity index (χ4v) is 4.61. The van der Waals surface area contributed by atoms with Gasteiger partial charge in [0.15, 0.2) is 5.17 Å². The summed E-state index contributed by atoms with van der Waals surface area (Å²) in [6.45, 7) is 2.12. The maximum Gasteiger partial charge on any atom is 0.264 e. The van der Waals surface area contributed by atoms with Crippen molar-refractivity contribution in [3.63, 3.8) is 0 Å². The lowest BCUT2D eigenvalue weighted by Crippen LogP contribution is -2.19. The minimum Gasteiger partial charge on any atom is -0.300 e. The van der Waals surface area contributed by atoms with E-state index in [1.54, 1.807) is 11.8 Å². The molecule has 1 saturated heterocycles. The third-order valence-electron chi connectivity index (χ3n) is 4.45. The molecule has 150 valence electrons. The van der Waals surface area contributed by atoms with Crippen molar-refractivity contribution in [1.29, 1.82) is 0 Å². The fourth-order valence-electron chi connectivity index (χ4n) is 2.83. The second-order valence-corrected chi connectivity index (χ2v) is 9.24. The monoisotopic (exact) mass is 450 g/mol. The van der Waals surface area contributed by atoms with E-state index in [1.165, 1.54) is 17.3 Å². The van der Waals surface area contributed by atoms with E-state index in [-0.39, 0.29) is 5.91 Å². The van der Waals surface area contributed by atoms with Crippen molar-refractivity contribution in [1.82, 2.24) is 5.32 Å². The molecule has 0 unspecified atom stereocenters. The van der Waals surface area contributed by atoms with Crippen LogP contribution in [0, 0.1) is 0 Å². The number of halogens is 1. The van der Waals surface area contributed by atoms with Gasteiger partial charge in [-0.05, 0) is 83.9 Å². The summed E-state index contributed by atoms with van der Waals surface area (Å²) in [5.74, 6) is -0.122. The molecule has 3 aromatic carbocycles. The second-order valence-electron chi connectivity index (χ2n) is 6.63. The zero-order valence-corrected chi connectivity index (χ0v) is 18.7. The normalized spacial score (nSPS) is 16.3. The molecule has 1 amide bonds. The highest BCUT2D eigenvalue weighted by molar-refractivity contribution is 8.18. The summed E-state index contributed by atoms with van der Waals surface area (Å²) in [7, 11) is 0. The van der Waals surface area contributed by atoms with Crippen LogP contribution in [0.2, 0.25) is 5.02 Å². The molecule has 1 aliphatic rings. The number of thioether (sulfide) groups is 1. The van der Waals surface area contributed by atoms with Gasteiger partial charge in [0.1, 0.15) is 0 Å². The van der Waals surface area contributed by atoms with Gasteiger partial charge >= 0.3 is 0 Å². The number of benzene rings is 3. The first kappa shape index (κ1) is 20.8. The molecular formula is C24H19ClN2OS2. The minimum absolute atomic E-state index is 0.122. The van der Waals surface area contributed by atoms with Crippen LogP contribution in [0.3, 0.4) is 0 Å². The molecule has 0 radical (unpaired) electrons. The molecule has 3 nitrogen and oxygen atoms in total. The molecule has 4 rings (SSSR count). The van der Waals surface area contributed by atoms with E-state index in [0.717, 1.165) is 32.5 Å². The molecular weight excluding hydrogens is 432 g/mol. The first-order chi connectivity index (χ1) is 14.6. The van der Waals surface area contributed by atoms with E-state index in [0.29, 0.717) is 10.1 Å². The van der Waals surface area contributed by atoms with Gasteiger partial charge in [-0.25, -0.2) is 4.99 Å². The SMILES string of the molecule is CCc1ccc(N=C2NC(=O)C(=Cc3ccc(Sc4ccc(Cl)cc4)cc3)S2)cc1. The molecule has 0 bridgehead atoms. The van der Waals surface area contributed by atoms with E-state index < -0.39 is 0 Å². The number of carbonyl (C=O) groups is 1. The Morgan fingerprint density at radius 2 is 1.60 bits per heavy atom. The zero-order chi connectivity index (χ0) is 20.9. The van der Waals surface area contributed by atoms with Crippen molar-refractivity contribution in [2.24, 2.45) is 4.99 Å². The summed E-state index contributed by atoms with van der Waals surface area (Å²) in [5, 5.41) is 4.17. The predicted molar refractivity (Wildman–Crippen MR) is 129 cm³/mol. The standard InChI is InChI=1S/C24H19ClN2OS2/c1-2-16-3-9-19(10-4-16)26-24-27-23(28)22(30-24)15-17-5-11-20(12-6-17)29-21-13-7-18(25)8-14-21/h3-15H,2H2,1H3,(H,26,27,28). The van der Waals surface area contributed by atoms with Crippen LogP contribution < -0.4 is 5.32 Å². The van der Waals surface area contributed by atoms with Gasteiger partial charge in [0.25, 0.3) is 5.91 Å². The lowest BCUT2D eigenvalue weighted by atomic mass is 10.2. The van der Waals surface area contributed by atoms with Crippen LogP contribution in [-0.2, 0) is 11.2 Å². The third kappa shape index (κ3) is 5.36. The largest absolute Gasteiger partial charge is 0.300 e. The highest BCUT2D eigenvalue weighted by Crippen LogP contribution is 2.31. The van der Waals surface area contributed by atoms with Gasteiger partial charge in [0.05, 0.1) is 10.6 Å². The first-order valence-corrected chi connectivity index (χ1v) is 11.5. The molecule has 0 aliphatic carbocycles. The average Bonchev–Trinajstić information content (AvgIpc) is 3.10. The van der Waals surface area contributed by atoms with Gasteiger partial charge < -0.3 is 5.32 Å². The number of rotatable bonds is 5. The van der Waals surface area contributed by atoms with Crippen LogP contribution in [0.1, 0.15) is 18.1 Å². The molecule has 3 aromatic rings. The number of hydrogen-bond acceptors (Lipinski definition) is 4. The van der Waals surface area contributed by atoms with Gasteiger partial charge in [-0.1, -0.05) is 54.6 Å². The number of aryl methyl sites for hydroxylation is 1. The van der Waals surface area contributed by atoms with E-state index in [9.17, 15) is 4.79 Å². The third-order valence-corrected chi connectivity index (χ3v) is 6.63. The topological polar surface area (TPSA) is 41.5 Å². The number of nitrogens with one attached hydrogen (secondary N) is 1. The number of amides is 1. The summed E-state index contributed by atoms with van der Waals surface area (Å²) in [6.07, 6.45) is 2.88. The van der Waals surface area contributed by atoms with Crippen LogP contribution in [0.15, 0.2) is 92.5 Å². The molecule has 1 heterocycles. The van der Waals surface area contributed by atoms with E-state index in [1.807, 2.05) is 66.7 Å². The molecule has 0 atom stereocenters. The Balaban J connectivity index is 1.44. The van der Waals surface area contributed by atoms with Crippen molar-refractivity contribution in [2.45, 2.75) is 23.1 Å². The Kier molecular flexibility index (Phi) is 6.62. The summed E-state index contributed by atoms with van der Waals surface area (Å²) in [5.41, 5.74) is 3.07. The van der Waals surface area contributed by atoms with Crippen LogP contribution in [-0.4, -0.2) is 11.1 Å². The number of nitrogens with zero attached hydrogens (tertiary/aromatic N) is 1. The van der Waals surface area contributed by atoms with Gasteiger partial charge in [-0.3, -0.25) is 4.79 Å². The molecule has 1 fully saturated rings. The van der Waals surface area contributed by atoms with Crippen molar-refractivity contribution in [3.05, 3.63) is 93.9 Å². The van der Waals surface area contributed by atoms with Crippen LogP contribution >= 0.6 is 35.1 Å². The minimum atomic E-state index is -0.122. The molecule has 1 aliphatic heterocycles.